The largest absolute Gasteiger partial charge is 0.463 e. The van der Waals surface area contributed by atoms with E-state index >= 15 is 0 Å². The van der Waals surface area contributed by atoms with E-state index in [1.54, 1.807) is 19.1 Å². The Morgan fingerprint density at radius 1 is 1.38 bits per heavy atom. The first-order chi connectivity index (χ1) is 11.3. The van der Waals surface area contributed by atoms with Crippen molar-refractivity contribution in [2.24, 2.45) is 0 Å². The molecule has 1 aromatic rings. The van der Waals surface area contributed by atoms with Gasteiger partial charge in [0.15, 0.2) is 0 Å². The summed E-state index contributed by atoms with van der Waals surface area (Å²) >= 11 is 0. The molecule has 3 heterocycles. The fraction of sp³-hybridized carbons (Fsp3) is 0.722. The van der Waals surface area contributed by atoms with Crippen LogP contribution in [0.5, 0.6) is 0 Å². The number of nitrogens with one attached hydrogen (secondary N) is 2. The lowest BCUT2D eigenvalue weighted by Crippen LogP contribution is -2.56. The van der Waals surface area contributed by atoms with Gasteiger partial charge in [0.2, 0.25) is 0 Å². The van der Waals surface area contributed by atoms with Crippen LogP contribution in [0.1, 0.15) is 50.5 Å². The Balaban J connectivity index is 1.49. The fourth-order valence-corrected chi connectivity index (χ4v) is 4.03. The van der Waals surface area contributed by atoms with Crippen LogP contribution in [0.4, 0.5) is 4.79 Å². The van der Waals surface area contributed by atoms with Crippen LogP contribution in [0.3, 0.4) is 0 Å². The average molecular weight is 335 g/mol. The molecule has 3 N–H and O–H groups in total. The van der Waals surface area contributed by atoms with Gasteiger partial charge in [-0.25, -0.2) is 4.79 Å². The number of aliphatic hydroxyl groups is 1. The minimum absolute atomic E-state index is 0.116. The summed E-state index contributed by atoms with van der Waals surface area (Å²) in [5.74, 6) is 1.21. The van der Waals surface area contributed by atoms with Crippen LogP contribution in [0, 0.1) is 6.92 Å². The van der Waals surface area contributed by atoms with E-state index in [1.807, 2.05) is 6.92 Å². The highest BCUT2D eigenvalue weighted by Crippen LogP contribution is 2.32. The van der Waals surface area contributed by atoms with Crippen molar-refractivity contribution in [3.8, 4) is 0 Å². The lowest BCUT2D eigenvalue weighted by Gasteiger charge is -2.47. The highest BCUT2D eigenvalue weighted by Gasteiger charge is 2.36. The number of hydrogen-bond donors (Lipinski definition) is 3. The Hall–Kier alpha value is -1.53. The molecule has 2 aliphatic rings. The van der Waals surface area contributed by atoms with Crippen LogP contribution in [-0.4, -0.2) is 47.8 Å². The summed E-state index contributed by atoms with van der Waals surface area (Å²) in [4.78, 5) is 14.7. The van der Waals surface area contributed by atoms with Crippen LogP contribution < -0.4 is 10.6 Å². The lowest BCUT2D eigenvalue weighted by molar-refractivity contribution is 0.0344. The molecule has 134 valence electrons. The summed E-state index contributed by atoms with van der Waals surface area (Å²) in [5, 5.41) is 16.3. The topological polar surface area (TPSA) is 77.7 Å². The number of amides is 2. The molecule has 24 heavy (non-hydrogen) atoms. The molecule has 2 fully saturated rings. The molecule has 1 aromatic heterocycles. The van der Waals surface area contributed by atoms with Crippen LogP contribution in [0.15, 0.2) is 16.5 Å². The molecule has 6 heteroatoms. The number of nitrogens with zero attached hydrogens (tertiary/aromatic N) is 1. The number of carbonyl (C=O) groups excluding carboxylic acids is 1. The van der Waals surface area contributed by atoms with Crippen molar-refractivity contribution < 1.29 is 14.3 Å². The predicted molar refractivity (Wildman–Crippen MR) is 91.8 cm³/mol. The van der Waals surface area contributed by atoms with Crippen LogP contribution in [0.25, 0.3) is 0 Å². The maximum Gasteiger partial charge on any atom is 0.315 e. The number of carbonyl (C=O) groups is 1. The number of piperidine rings is 2. The molecule has 2 amide bonds. The van der Waals surface area contributed by atoms with Crippen molar-refractivity contribution in [3.63, 3.8) is 0 Å². The Bertz CT molecular complexity index is 570. The van der Waals surface area contributed by atoms with Gasteiger partial charge in [-0.3, -0.25) is 0 Å². The van der Waals surface area contributed by atoms with Crippen molar-refractivity contribution in [2.75, 3.05) is 13.6 Å². The van der Waals surface area contributed by atoms with Gasteiger partial charge in [-0.05, 0) is 58.7 Å². The van der Waals surface area contributed by atoms with Crippen molar-refractivity contribution in [2.45, 2.75) is 69.7 Å². The van der Waals surface area contributed by atoms with Gasteiger partial charge in [-0.15, -0.1) is 0 Å². The molecule has 3 atom stereocenters. The van der Waals surface area contributed by atoms with Crippen molar-refractivity contribution >= 4 is 6.03 Å². The number of rotatable bonds is 4. The third-order valence-electron chi connectivity index (χ3n) is 5.54. The van der Waals surface area contributed by atoms with E-state index in [0.29, 0.717) is 17.8 Å². The van der Waals surface area contributed by atoms with Gasteiger partial charge in [0.1, 0.15) is 17.1 Å². The standard InChI is InChI=1S/C18H29N3O3/c1-12-7-8-16(24-12)18(2,23)11-19-17(22)20-13-9-14-5-4-6-15(10-13)21(14)3/h7-8,13-15,23H,4-6,9-11H2,1-3H3,(H2,19,20,22). The zero-order chi connectivity index (χ0) is 17.3. The smallest absolute Gasteiger partial charge is 0.315 e. The maximum atomic E-state index is 12.2. The van der Waals surface area contributed by atoms with Gasteiger partial charge >= 0.3 is 6.03 Å². The van der Waals surface area contributed by atoms with Crippen LogP contribution >= 0.6 is 0 Å². The Morgan fingerprint density at radius 2 is 2.04 bits per heavy atom. The number of aryl methyl sites for hydroxylation is 1. The third-order valence-corrected chi connectivity index (χ3v) is 5.54. The Labute approximate surface area is 143 Å². The Kier molecular flexibility index (Phi) is 4.88. The van der Waals surface area contributed by atoms with Gasteiger partial charge in [0.05, 0.1) is 6.54 Å². The molecule has 6 nitrogen and oxygen atoms in total. The highest BCUT2D eigenvalue weighted by molar-refractivity contribution is 5.74. The zero-order valence-corrected chi connectivity index (χ0v) is 14.8. The minimum Gasteiger partial charge on any atom is -0.463 e. The monoisotopic (exact) mass is 335 g/mol. The molecular weight excluding hydrogens is 306 g/mol. The van der Waals surface area contributed by atoms with E-state index < -0.39 is 5.60 Å². The van der Waals surface area contributed by atoms with E-state index in [2.05, 4.69) is 22.6 Å². The first kappa shape index (κ1) is 17.3. The molecule has 0 radical (unpaired) electrons. The second-order valence-corrected chi connectivity index (χ2v) is 7.58. The summed E-state index contributed by atoms with van der Waals surface area (Å²) in [6.45, 7) is 3.59. The van der Waals surface area contributed by atoms with E-state index in [-0.39, 0.29) is 18.6 Å². The van der Waals surface area contributed by atoms with E-state index in [1.165, 1.54) is 19.3 Å². The van der Waals surface area contributed by atoms with E-state index in [0.717, 1.165) is 18.6 Å². The van der Waals surface area contributed by atoms with E-state index in [9.17, 15) is 9.90 Å². The first-order valence-corrected chi connectivity index (χ1v) is 8.91. The quantitative estimate of drug-likeness (QED) is 0.787. The van der Waals surface area contributed by atoms with Gasteiger partial charge < -0.3 is 25.1 Å². The molecule has 0 saturated carbocycles. The molecule has 0 spiro atoms. The summed E-state index contributed by atoms with van der Waals surface area (Å²) in [7, 11) is 2.20. The summed E-state index contributed by atoms with van der Waals surface area (Å²) in [6, 6.07) is 4.71. The van der Waals surface area contributed by atoms with Crippen molar-refractivity contribution in [1.82, 2.24) is 15.5 Å². The number of hydrogen-bond acceptors (Lipinski definition) is 4. The molecular formula is C18H29N3O3. The van der Waals surface area contributed by atoms with Crippen LogP contribution in [-0.2, 0) is 5.60 Å². The highest BCUT2D eigenvalue weighted by atomic mass is 16.4. The number of urea groups is 1. The summed E-state index contributed by atoms with van der Waals surface area (Å²) < 4.78 is 5.47. The fourth-order valence-electron chi connectivity index (χ4n) is 4.03. The number of fused-ring (bicyclic) bond motifs is 2. The van der Waals surface area contributed by atoms with Crippen molar-refractivity contribution in [3.05, 3.63) is 23.7 Å². The lowest BCUT2D eigenvalue weighted by atomic mass is 9.82. The van der Waals surface area contributed by atoms with E-state index in [4.69, 9.17) is 4.42 Å². The summed E-state index contributed by atoms with van der Waals surface area (Å²) in [6.07, 6.45) is 5.76. The molecule has 2 aliphatic heterocycles. The normalized spacial score (nSPS) is 29.8. The molecule has 3 rings (SSSR count). The molecule has 3 unspecified atom stereocenters. The average Bonchev–Trinajstić information content (AvgIpc) is 2.94. The SMILES string of the molecule is Cc1ccc(C(C)(O)CNC(=O)NC2CC3CCCC(C2)N3C)o1. The number of furan rings is 1. The maximum absolute atomic E-state index is 12.2. The van der Waals surface area contributed by atoms with Gasteiger partial charge in [-0.1, -0.05) is 6.42 Å². The molecule has 0 aromatic carbocycles. The third kappa shape index (κ3) is 3.75. The van der Waals surface area contributed by atoms with Gasteiger partial charge in [0.25, 0.3) is 0 Å². The second-order valence-electron chi connectivity index (χ2n) is 7.58. The zero-order valence-electron chi connectivity index (χ0n) is 14.8. The minimum atomic E-state index is -1.21. The first-order valence-electron chi connectivity index (χ1n) is 8.91. The predicted octanol–water partition coefficient (Wildman–Crippen LogP) is 2.11. The molecule has 2 saturated heterocycles. The molecule has 2 bridgehead atoms. The van der Waals surface area contributed by atoms with Gasteiger partial charge in [-0.2, -0.15) is 0 Å². The summed E-state index contributed by atoms with van der Waals surface area (Å²) in [5.41, 5.74) is -1.21. The van der Waals surface area contributed by atoms with Crippen molar-refractivity contribution in [1.29, 1.82) is 0 Å². The molecule has 0 aliphatic carbocycles. The second kappa shape index (κ2) is 6.76. The Morgan fingerprint density at radius 3 is 2.62 bits per heavy atom. The van der Waals surface area contributed by atoms with Gasteiger partial charge in [0, 0.05) is 18.1 Å². The van der Waals surface area contributed by atoms with Crippen LogP contribution in [0.2, 0.25) is 0 Å².